The number of nitrogens with one attached hydrogen (secondary N) is 1. The van der Waals surface area contributed by atoms with Gasteiger partial charge in [-0.15, -0.1) is 0 Å². The number of hydrogen-bond donors (Lipinski definition) is 2. The fraction of sp³-hybridized carbons (Fsp3) is 0.615. The number of hydrogen-bond acceptors (Lipinski definition) is 3. The minimum Gasteiger partial charge on any atom is -0.396 e. The van der Waals surface area contributed by atoms with E-state index in [0.29, 0.717) is 0 Å². The number of pyridine rings is 1. The van der Waals surface area contributed by atoms with E-state index in [2.05, 4.69) is 24.1 Å². The zero-order valence-corrected chi connectivity index (χ0v) is 10.5. The van der Waals surface area contributed by atoms with E-state index in [1.54, 1.807) is 6.20 Å². The van der Waals surface area contributed by atoms with Gasteiger partial charge in [0.2, 0.25) is 0 Å². The van der Waals surface area contributed by atoms with E-state index >= 15 is 0 Å². The highest BCUT2D eigenvalue weighted by Crippen LogP contribution is 2.26. The third kappa shape index (κ3) is 2.95. The second-order valence-electron chi connectivity index (χ2n) is 4.36. The van der Waals surface area contributed by atoms with Gasteiger partial charge in [-0.2, -0.15) is 0 Å². The van der Waals surface area contributed by atoms with E-state index < -0.39 is 0 Å². The second kappa shape index (κ2) is 5.85. The normalized spacial score (nSPS) is 11.5. The molecule has 0 aliphatic carbocycles. The maximum absolute atomic E-state index is 9.47. The summed E-state index contributed by atoms with van der Waals surface area (Å²) in [6, 6.07) is 3.95. The van der Waals surface area contributed by atoms with Crippen molar-refractivity contribution >= 4 is 5.69 Å². The topological polar surface area (TPSA) is 45.1 Å². The molecular weight excluding hydrogens is 200 g/mol. The lowest BCUT2D eigenvalue weighted by atomic mass is 9.83. The highest BCUT2D eigenvalue weighted by atomic mass is 16.3. The molecule has 1 heterocycles. The van der Waals surface area contributed by atoms with Gasteiger partial charge in [-0.1, -0.05) is 13.8 Å². The highest BCUT2D eigenvalue weighted by Gasteiger charge is 2.24. The van der Waals surface area contributed by atoms with Gasteiger partial charge < -0.3 is 10.4 Å². The summed E-state index contributed by atoms with van der Waals surface area (Å²) in [6.07, 6.45) is 3.75. The van der Waals surface area contributed by atoms with Crippen LogP contribution in [0, 0.1) is 12.3 Å². The Morgan fingerprint density at radius 3 is 2.56 bits per heavy atom. The molecule has 1 rings (SSSR count). The van der Waals surface area contributed by atoms with Crippen molar-refractivity contribution in [2.45, 2.75) is 33.6 Å². The van der Waals surface area contributed by atoms with Gasteiger partial charge in [-0.3, -0.25) is 4.98 Å². The third-order valence-electron chi connectivity index (χ3n) is 3.50. The van der Waals surface area contributed by atoms with Crippen molar-refractivity contribution in [3.8, 4) is 0 Å². The highest BCUT2D eigenvalue weighted by molar-refractivity contribution is 5.46. The molecule has 0 spiro atoms. The van der Waals surface area contributed by atoms with E-state index in [0.717, 1.165) is 30.8 Å². The summed E-state index contributed by atoms with van der Waals surface area (Å²) < 4.78 is 0. The number of aliphatic hydroxyl groups is 1. The van der Waals surface area contributed by atoms with Crippen molar-refractivity contribution in [1.82, 2.24) is 4.98 Å². The number of anilines is 1. The molecule has 1 aromatic heterocycles. The number of aromatic nitrogens is 1. The average molecular weight is 222 g/mol. The summed E-state index contributed by atoms with van der Waals surface area (Å²) in [6.45, 7) is 7.26. The van der Waals surface area contributed by atoms with Crippen molar-refractivity contribution in [3.05, 3.63) is 24.0 Å². The average Bonchev–Trinajstić information content (AvgIpc) is 2.34. The van der Waals surface area contributed by atoms with Crippen molar-refractivity contribution in [2.24, 2.45) is 5.41 Å². The lowest BCUT2D eigenvalue weighted by molar-refractivity contribution is 0.127. The summed E-state index contributed by atoms with van der Waals surface area (Å²) in [5.74, 6) is 0. The van der Waals surface area contributed by atoms with Crippen LogP contribution in [0.15, 0.2) is 18.3 Å². The smallest absolute Gasteiger partial charge is 0.0603 e. The van der Waals surface area contributed by atoms with E-state index in [4.69, 9.17) is 0 Å². The minimum absolute atomic E-state index is 0.0116. The Labute approximate surface area is 97.9 Å². The number of rotatable bonds is 6. The fourth-order valence-electron chi connectivity index (χ4n) is 1.73. The first-order valence-corrected chi connectivity index (χ1v) is 5.94. The molecule has 0 saturated carbocycles. The SMILES string of the molecule is CCC(CC)(CO)CNc1cccnc1C. The van der Waals surface area contributed by atoms with Crippen molar-refractivity contribution in [3.63, 3.8) is 0 Å². The molecule has 0 radical (unpaired) electrons. The second-order valence-corrected chi connectivity index (χ2v) is 4.36. The van der Waals surface area contributed by atoms with Crippen LogP contribution >= 0.6 is 0 Å². The van der Waals surface area contributed by atoms with E-state index in [9.17, 15) is 5.11 Å². The Morgan fingerprint density at radius 1 is 1.38 bits per heavy atom. The summed E-state index contributed by atoms with van der Waals surface area (Å²) in [4.78, 5) is 4.23. The Kier molecular flexibility index (Phi) is 4.74. The molecule has 0 atom stereocenters. The molecule has 2 N–H and O–H groups in total. The molecular formula is C13H22N2O. The molecule has 0 amide bonds. The molecule has 3 nitrogen and oxygen atoms in total. The van der Waals surface area contributed by atoms with Gasteiger partial charge >= 0.3 is 0 Å². The van der Waals surface area contributed by atoms with E-state index in [1.165, 1.54) is 0 Å². The van der Waals surface area contributed by atoms with Crippen LogP contribution < -0.4 is 5.32 Å². The maximum atomic E-state index is 9.47. The monoisotopic (exact) mass is 222 g/mol. The fourth-order valence-corrected chi connectivity index (χ4v) is 1.73. The zero-order valence-electron chi connectivity index (χ0n) is 10.5. The molecule has 0 bridgehead atoms. The van der Waals surface area contributed by atoms with Crippen LogP contribution in [0.25, 0.3) is 0 Å². The van der Waals surface area contributed by atoms with Crippen LogP contribution in [0.4, 0.5) is 5.69 Å². The van der Waals surface area contributed by atoms with E-state index in [1.807, 2.05) is 19.1 Å². The zero-order chi connectivity index (χ0) is 12.0. The molecule has 0 fully saturated rings. The largest absolute Gasteiger partial charge is 0.396 e. The predicted molar refractivity (Wildman–Crippen MR) is 67.6 cm³/mol. The summed E-state index contributed by atoms with van der Waals surface area (Å²) >= 11 is 0. The van der Waals surface area contributed by atoms with Crippen LogP contribution in [0.2, 0.25) is 0 Å². The molecule has 3 heteroatoms. The number of aryl methyl sites for hydroxylation is 1. The first-order chi connectivity index (χ1) is 7.67. The van der Waals surface area contributed by atoms with Crippen LogP contribution in [0.3, 0.4) is 0 Å². The van der Waals surface area contributed by atoms with Crippen LogP contribution in [0.1, 0.15) is 32.4 Å². The third-order valence-corrected chi connectivity index (χ3v) is 3.50. The molecule has 0 aliphatic heterocycles. The van der Waals surface area contributed by atoms with Crippen LogP contribution in [0.5, 0.6) is 0 Å². The molecule has 0 aromatic carbocycles. The van der Waals surface area contributed by atoms with Crippen molar-refractivity contribution in [1.29, 1.82) is 0 Å². The van der Waals surface area contributed by atoms with Crippen molar-refractivity contribution in [2.75, 3.05) is 18.5 Å². The van der Waals surface area contributed by atoms with Crippen molar-refractivity contribution < 1.29 is 5.11 Å². The first kappa shape index (κ1) is 13.0. The first-order valence-electron chi connectivity index (χ1n) is 5.94. The summed E-state index contributed by atoms with van der Waals surface area (Å²) in [5, 5.41) is 12.9. The lowest BCUT2D eigenvalue weighted by Crippen LogP contribution is -2.32. The van der Waals surface area contributed by atoms with Gasteiger partial charge in [-0.25, -0.2) is 0 Å². The molecule has 1 aromatic rings. The summed E-state index contributed by atoms with van der Waals surface area (Å²) in [5.41, 5.74) is 2.05. The quantitative estimate of drug-likeness (QED) is 0.777. The van der Waals surface area contributed by atoms with E-state index in [-0.39, 0.29) is 12.0 Å². The Hall–Kier alpha value is -1.09. The van der Waals surface area contributed by atoms with Gasteiger partial charge in [-0.05, 0) is 31.9 Å². The molecule has 16 heavy (non-hydrogen) atoms. The van der Waals surface area contributed by atoms with Gasteiger partial charge in [0, 0.05) is 18.2 Å². The Balaban J connectivity index is 2.66. The number of aliphatic hydroxyl groups excluding tert-OH is 1. The minimum atomic E-state index is -0.0116. The molecule has 90 valence electrons. The Bertz CT molecular complexity index is 313. The Morgan fingerprint density at radius 2 is 2.06 bits per heavy atom. The van der Waals surface area contributed by atoms with Crippen LogP contribution in [-0.4, -0.2) is 23.2 Å². The van der Waals surface area contributed by atoms with Gasteiger partial charge in [0.25, 0.3) is 0 Å². The number of nitrogens with zero attached hydrogens (tertiary/aromatic N) is 1. The molecule has 0 saturated heterocycles. The lowest BCUT2D eigenvalue weighted by Gasteiger charge is -2.30. The van der Waals surface area contributed by atoms with Gasteiger partial charge in [0.15, 0.2) is 0 Å². The van der Waals surface area contributed by atoms with Crippen LogP contribution in [-0.2, 0) is 0 Å². The summed E-state index contributed by atoms with van der Waals surface area (Å²) in [7, 11) is 0. The molecule has 0 aliphatic rings. The standard InChI is InChI=1S/C13H22N2O/c1-4-13(5-2,10-16)9-15-12-7-6-8-14-11(12)3/h6-8,15-16H,4-5,9-10H2,1-3H3. The van der Waals surface area contributed by atoms with Gasteiger partial charge in [0.05, 0.1) is 18.0 Å². The molecule has 0 unspecified atom stereocenters. The van der Waals surface area contributed by atoms with Gasteiger partial charge in [0.1, 0.15) is 0 Å². The predicted octanol–water partition coefficient (Wildman–Crippen LogP) is 2.60. The maximum Gasteiger partial charge on any atom is 0.0603 e.